The fraction of sp³-hybridized carbons (Fsp3) is 0.562. The number of hydrogen-bond donors (Lipinski definition) is 1. The highest BCUT2D eigenvalue weighted by Crippen LogP contribution is 2.32. The van der Waals surface area contributed by atoms with Crippen LogP contribution in [0, 0.1) is 0 Å². The van der Waals surface area contributed by atoms with Crippen molar-refractivity contribution in [3.8, 4) is 0 Å². The molecule has 1 aliphatic carbocycles. The minimum absolute atomic E-state index is 0.0449. The highest BCUT2D eigenvalue weighted by molar-refractivity contribution is 5.70. The fourth-order valence-electron chi connectivity index (χ4n) is 2.51. The van der Waals surface area contributed by atoms with E-state index in [1.807, 2.05) is 6.07 Å². The van der Waals surface area contributed by atoms with Crippen LogP contribution in [0.3, 0.4) is 0 Å². The monoisotopic (exact) mass is 261 g/mol. The minimum atomic E-state index is -0.102. The van der Waals surface area contributed by atoms with E-state index in [0.29, 0.717) is 19.0 Å². The third kappa shape index (κ3) is 4.06. The molecule has 1 aromatic carbocycles. The van der Waals surface area contributed by atoms with E-state index in [1.165, 1.54) is 11.1 Å². The van der Waals surface area contributed by atoms with Gasteiger partial charge in [0.05, 0.1) is 6.42 Å². The lowest BCUT2D eigenvalue weighted by Crippen LogP contribution is -2.26. The molecule has 0 amide bonds. The van der Waals surface area contributed by atoms with E-state index in [1.54, 1.807) is 0 Å². The first-order valence-electron chi connectivity index (χ1n) is 7.17. The molecular weight excluding hydrogens is 238 g/mol. The van der Waals surface area contributed by atoms with Crippen LogP contribution in [0.25, 0.3) is 0 Å². The third-order valence-electron chi connectivity index (χ3n) is 3.47. The first kappa shape index (κ1) is 14.1. The molecule has 104 valence electrons. The minimum Gasteiger partial charge on any atom is -0.457 e. The van der Waals surface area contributed by atoms with Crippen LogP contribution >= 0.6 is 0 Å². The molecule has 1 atom stereocenters. The zero-order valence-electron chi connectivity index (χ0n) is 11.8. The highest BCUT2D eigenvalue weighted by Gasteiger charge is 2.22. The number of benzene rings is 1. The van der Waals surface area contributed by atoms with E-state index in [0.717, 1.165) is 19.3 Å². The summed E-state index contributed by atoms with van der Waals surface area (Å²) in [5, 5.41) is 3.23. The van der Waals surface area contributed by atoms with Crippen LogP contribution in [0.1, 0.15) is 50.3 Å². The summed E-state index contributed by atoms with van der Waals surface area (Å²) in [4.78, 5) is 11.8. The van der Waals surface area contributed by atoms with Crippen LogP contribution in [-0.4, -0.2) is 18.6 Å². The number of ether oxygens (including phenoxy) is 1. The molecule has 0 aliphatic heterocycles. The fourth-order valence-corrected chi connectivity index (χ4v) is 2.51. The van der Waals surface area contributed by atoms with Crippen molar-refractivity contribution in [1.82, 2.24) is 5.32 Å². The lowest BCUT2D eigenvalue weighted by Gasteiger charge is -2.25. The van der Waals surface area contributed by atoms with Gasteiger partial charge in [-0.3, -0.25) is 4.79 Å². The molecule has 3 heteroatoms. The predicted octanol–water partition coefficient (Wildman–Crippen LogP) is 3.00. The van der Waals surface area contributed by atoms with Gasteiger partial charge in [0, 0.05) is 12.6 Å². The normalized spacial score (nSPS) is 18.2. The summed E-state index contributed by atoms with van der Waals surface area (Å²) in [6.07, 6.45) is 3.53. The van der Waals surface area contributed by atoms with Crippen molar-refractivity contribution in [3.63, 3.8) is 0 Å². The summed E-state index contributed by atoms with van der Waals surface area (Å²) in [5.74, 6) is -0.102. The summed E-state index contributed by atoms with van der Waals surface area (Å²) in [6, 6.07) is 8.69. The van der Waals surface area contributed by atoms with Crippen molar-refractivity contribution in [3.05, 3.63) is 35.4 Å². The molecule has 1 N–H and O–H groups in total. The summed E-state index contributed by atoms with van der Waals surface area (Å²) in [6.45, 7) is 4.83. The molecule has 0 saturated carbocycles. The van der Waals surface area contributed by atoms with Gasteiger partial charge < -0.3 is 10.1 Å². The number of fused-ring (bicyclic) bond motifs is 1. The van der Waals surface area contributed by atoms with Gasteiger partial charge in [0.2, 0.25) is 0 Å². The quantitative estimate of drug-likeness (QED) is 0.828. The molecule has 2 rings (SSSR count). The van der Waals surface area contributed by atoms with Gasteiger partial charge >= 0.3 is 5.97 Å². The van der Waals surface area contributed by atoms with Gasteiger partial charge in [-0.15, -0.1) is 0 Å². The second-order valence-corrected chi connectivity index (χ2v) is 5.43. The first-order chi connectivity index (χ1) is 9.16. The molecule has 0 aromatic heterocycles. The van der Waals surface area contributed by atoms with Crippen molar-refractivity contribution in [1.29, 1.82) is 0 Å². The van der Waals surface area contributed by atoms with Gasteiger partial charge in [0.1, 0.15) is 6.10 Å². The lowest BCUT2D eigenvalue weighted by molar-refractivity contribution is -0.150. The van der Waals surface area contributed by atoms with E-state index in [9.17, 15) is 4.79 Å². The van der Waals surface area contributed by atoms with E-state index >= 15 is 0 Å². The Labute approximate surface area is 115 Å². The number of nitrogens with one attached hydrogen (secondary N) is 1. The molecule has 0 radical (unpaired) electrons. The second-order valence-electron chi connectivity index (χ2n) is 5.43. The Kier molecular flexibility index (Phi) is 4.97. The molecule has 1 aromatic rings. The lowest BCUT2D eigenvalue weighted by atomic mass is 9.89. The Hall–Kier alpha value is -1.35. The predicted molar refractivity (Wildman–Crippen MR) is 76.0 cm³/mol. The topological polar surface area (TPSA) is 38.3 Å². The molecule has 0 heterocycles. The molecule has 1 unspecified atom stereocenters. The Morgan fingerprint density at radius 3 is 3.00 bits per heavy atom. The van der Waals surface area contributed by atoms with Crippen molar-refractivity contribution >= 4 is 5.97 Å². The Morgan fingerprint density at radius 1 is 1.42 bits per heavy atom. The molecule has 3 nitrogen and oxygen atoms in total. The van der Waals surface area contributed by atoms with Gasteiger partial charge in [-0.05, 0) is 30.4 Å². The summed E-state index contributed by atoms with van der Waals surface area (Å²) >= 11 is 0. The molecule has 0 fully saturated rings. The zero-order valence-corrected chi connectivity index (χ0v) is 11.8. The Morgan fingerprint density at radius 2 is 2.21 bits per heavy atom. The second kappa shape index (κ2) is 6.71. The maximum Gasteiger partial charge on any atom is 0.307 e. The van der Waals surface area contributed by atoms with Gasteiger partial charge in [0.15, 0.2) is 0 Å². The van der Waals surface area contributed by atoms with E-state index in [-0.39, 0.29) is 12.1 Å². The summed E-state index contributed by atoms with van der Waals surface area (Å²) in [5.41, 5.74) is 2.52. The van der Waals surface area contributed by atoms with E-state index < -0.39 is 0 Å². The molecule has 0 bridgehead atoms. The zero-order chi connectivity index (χ0) is 13.7. The van der Waals surface area contributed by atoms with Crippen molar-refractivity contribution in [2.75, 3.05) is 6.54 Å². The molecule has 0 spiro atoms. The highest BCUT2D eigenvalue weighted by atomic mass is 16.5. The van der Waals surface area contributed by atoms with E-state index in [4.69, 9.17) is 4.74 Å². The molecule has 0 saturated heterocycles. The summed E-state index contributed by atoms with van der Waals surface area (Å²) < 4.78 is 5.62. The maximum atomic E-state index is 11.8. The van der Waals surface area contributed by atoms with Crippen LogP contribution in [0.5, 0.6) is 0 Å². The first-order valence-corrected chi connectivity index (χ1v) is 7.17. The number of hydrogen-bond acceptors (Lipinski definition) is 3. The van der Waals surface area contributed by atoms with Crippen LogP contribution in [-0.2, 0) is 16.0 Å². The van der Waals surface area contributed by atoms with Crippen molar-refractivity contribution in [2.24, 2.45) is 0 Å². The Balaban J connectivity index is 1.88. The summed E-state index contributed by atoms with van der Waals surface area (Å²) in [7, 11) is 0. The van der Waals surface area contributed by atoms with Crippen molar-refractivity contribution < 1.29 is 9.53 Å². The molecule has 19 heavy (non-hydrogen) atoms. The standard InChI is InChI=1S/C16H23NO2/c1-12(2)17-11-10-16(18)19-15-9-5-7-13-6-3-4-8-14(13)15/h3-4,6,8,12,15,17H,5,7,9-11H2,1-2H3. The molecule has 1 aliphatic rings. The number of carbonyl (C=O) groups is 1. The average molecular weight is 261 g/mol. The number of esters is 1. The van der Waals surface area contributed by atoms with Gasteiger partial charge in [-0.2, -0.15) is 0 Å². The van der Waals surface area contributed by atoms with Crippen LogP contribution < -0.4 is 5.32 Å². The number of carbonyl (C=O) groups excluding carboxylic acids is 1. The van der Waals surface area contributed by atoms with Gasteiger partial charge in [-0.25, -0.2) is 0 Å². The van der Waals surface area contributed by atoms with E-state index in [2.05, 4.69) is 37.4 Å². The van der Waals surface area contributed by atoms with Crippen LogP contribution in [0.2, 0.25) is 0 Å². The van der Waals surface area contributed by atoms with Crippen LogP contribution in [0.4, 0.5) is 0 Å². The smallest absolute Gasteiger partial charge is 0.307 e. The third-order valence-corrected chi connectivity index (χ3v) is 3.47. The SMILES string of the molecule is CC(C)NCCC(=O)OC1CCCc2ccccc21. The van der Waals surface area contributed by atoms with Gasteiger partial charge in [0.25, 0.3) is 0 Å². The van der Waals surface area contributed by atoms with Crippen molar-refractivity contribution in [2.45, 2.75) is 51.7 Å². The number of aryl methyl sites for hydroxylation is 1. The van der Waals surface area contributed by atoms with Crippen LogP contribution in [0.15, 0.2) is 24.3 Å². The number of rotatable bonds is 5. The van der Waals surface area contributed by atoms with Gasteiger partial charge in [-0.1, -0.05) is 38.1 Å². The largest absolute Gasteiger partial charge is 0.457 e. The Bertz CT molecular complexity index is 429. The maximum absolute atomic E-state index is 11.8. The average Bonchev–Trinajstić information content (AvgIpc) is 2.39. The molecular formula is C16H23NO2.